The lowest BCUT2D eigenvalue weighted by Crippen LogP contribution is -1.97. The molecule has 4 heteroatoms. The van der Waals surface area contributed by atoms with Crippen molar-refractivity contribution in [3.8, 4) is 0 Å². The highest BCUT2D eigenvalue weighted by molar-refractivity contribution is 5.95. The number of azo groups is 1. The number of hydrogen-bond acceptors (Lipinski definition) is 3. The number of carbonyl (C=O) groups excluding carboxylic acids is 1. The maximum absolute atomic E-state index is 10.3. The van der Waals surface area contributed by atoms with Crippen LogP contribution in [0.2, 0.25) is 0 Å². The molecule has 0 aromatic heterocycles. The Hall–Kier alpha value is -1.03. The smallest absolute Gasteiger partial charge is 0.295 e. The molecule has 0 spiro atoms. The van der Waals surface area contributed by atoms with Crippen LogP contribution in [0.25, 0.3) is 0 Å². The average Bonchev–Trinajstić information content (AvgIpc) is 2.14. The molecule has 0 bridgehead atoms. The zero-order valence-electron chi connectivity index (χ0n) is 4.03. The lowest BCUT2D eigenvalue weighted by atomic mass is 10.3. The Balaban J connectivity index is 2.73. The Labute approximate surface area is 45.5 Å². The minimum Gasteiger partial charge on any atom is -0.391 e. The summed E-state index contributed by atoms with van der Waals surface area (Å²) in [6.45, 7) is -0.272. The van der Waals surface area contributed by atoms with Crippen molar-refractivity contribution in [2.45, 2.75) is 0 Å². The molecule has 1 N–H and O–H groups in total. The van der Waals surface area contributed by atoms with E-state index in [2.05, 4.69) is 10.2 Å². The quantitative estimate of drug-likeness (QED) is 0.513. The van der Waals surface area contributed by atoms with E-state index < -0.39 is 5.91 Å². The minimum atomic E-state index is -0.437. The van der Waals surface area contributed by atoms with Crippen LogP contribution in [0.4, 0.5) is 0 Å². The number of nitrogens with zero attached hydrogens (tertiary/aromatic N) is 2. The minimum absolute atomic E-state index is 0.255. The first-order chi connectivity index (χ1) is 3.84. The van der Waals surface area contributed by atoms with Gasteiger partial charge in [0.25, 0.3) is 5.91 Å². The summed E-state index contributed by atoms with van der Waals surface area (Å²) in [5.74, 6) is -0.437. The van der Waals surface area contributed by atoms with Crippen molar-refractivity contribution in [2.75, 3.05) is 6.61 Å². The van der Waals surface area contributed by atoms with Gasteiger partial charge in [0.05, 0.1) is 18.4 Å². The van der Waals surface area contributed by atoms with Gasteiger partial charge < -0.3 is 5.11 Å². The first-order valence-corrected chi connectivity index (χ1v) is 2.09. The molecule has 0 fully saturated rings. The van der Waals surface area contributed by atoms with Gasteiger partial charge in [0.15, 0.2) is 0 Å². The van der Waals surface area contributed by atoms with Gasteiger partial charge in [-0.1, -0.05) is 0 Å². The number of amides is 1. The summed E-state index contributed by atoms with van der Waals surface area (Å²) < 4.78 is 0. The first-order valence-electron chi connectivity index (χ1n) is 2.09. The van der Waals surface area contributed by atoms with E-state index in [-0.39, 0.29) is 12.2 Å². The largest absolute Gasteiger partial charge is 0.391 e. The lowest BCUT2D eigenvalue weighted by molar-refractivity contribution is -0.114. The van der Waals surface area contributed by atoms with Crippen LogP contribution in [0.5, 0.6) is 0 Å². The van der Waals surface area contributed by atoms with Crippen LogP contribution in [0.15, 0.2) is 22.0 Å². The van der Waals surface area contributed by atoms with Crippen molar-refractivity contribution in [3.05, 3.63) is 11.8 Å². The van der Waals surface area contributed by atoms with Crippen molar-refractivity contribution < 1.29 is 9.90 Å². The molecule has 4 nitrogen and oxygen atoms in total. The SMILES string of the molecule is O=C1N=NC=C1CO. The van der Waals surface area contributed by atoms with Gasteiger partial charge in [0, 0.05) is 0 Å². The zero-order chi connectivity index (χ0) is 5.98. The number of aliphatic hydroxyl groups is 1. The van der Waals surface area contributed by atoms with Crippen LogP contribution in [0, 0.1) is 0 Å². The normalized spacial score (nSPS) is 17.1. The zero-order valence-corrected chi connectivity index (χ0v) is 4.03. The van der Waals surface area contributed by atoms with E-state index in [4.69, 9.17) is 5.11 Å². The Kier molecular flexibility index (Phi) is 1.17. The molecule has 1 heterocycles. The molecule has 1 aliphatic rings. The van der Waals surface area contributed by atoms with Crippen molar-refractivity contribution in [2.24, 2.45) is 10.2 Å². The predicted octanol–water partition coefficient (Wildman–Crippen LogP) is -0.145. The second kappa shape index (κ2) is 1.83. The van der Waals surface area contributed by atoms with Gasteiger partial charge in [-0.15, -0.1) is 5.11 Å². The second-order valence-electron chi connectivity index (χ2n) is 1.33. The standard InChI is InChI=1S/C4H4N2O2/c7-2-3-1-5-6-4(3)8/h1,7H,2H2. The Morgan fingerprint density at radius 2 is 2.50 bits per heavy atom. The molecular formula is C4H4N2O2. The third-order valence-corrected chi connectivity index (χ3v) is 0.807. The summed E-state index contributed by atoms with van der Waals surface area (Å²) in [5, 5.41) is 14.7. The number of rotatable bonds is 1. The van der Waals surface area contributed by atoms with Gasteiger partial charge in [-0.3, -0.25) is 4.79 Å². The molecule has 1 amide bonds. The van der Waals surface area contributed by atoms with Gasteiger partial charge in [0.2, 0.25) is 0 Å². The van der Waals surface area contributed by atoms with Crippen LogP contribution < -0.4 is 0 Å². The van der Waals surface area contributed by atoms with E-state index >= 15 is 0 Å². The molecule has 1 aliphatic heterocycles. The summed E-state index contributed by atoms with van der Waals surface area (Å²) in [6.07, 6.45) is 1.25. The van der Waals surface area contributed by atoms with E-state index in [0.29, 0.717) is 0 Å². The molecule has 1 rings (SSSR count). The van der Waals surface area contributed by atoms with Crippen LogP contribution in [-0.4, -0.2) is 17.6 Å². The molecule has 0 atom stereocenters. The molecule has 8 heavy (non-hydrogen) atoms. The number of aliphatic hydroxyl groups excluding tert-OH is 1. The van der Waals surface area contributed by atoms with Crippen LogP contribution in [0.1, 0.15) is 0 Å². The maximum Gasteiger partial charge on any atom is 0.295 e. The highest BCUT2D eigenvalue weighted by Gasteiger charge is 2.10. The third-order valence-electron chi connectivity index (χ3n) is 0.807. The highest BCUT2D eigenvalue weighted by atomic mass is 16.3. The monoisotopic (exact) mass is 112 g/mol. The van der Waals surface area contributed by atoms with Gasteiger partial charge >= 0.3 is 0 Å². The van der Waals surface area contributed by atoms with Gasteiger partial charge in [-0.25, -0.2) is 0 Å². The fourth-order valence-electron chi connectivity index (χ4n) is 0.379. The van der Waals surface area contributed by atoms with E-state index in [9.17, 15) is 4.79 Å². The fraction of sp³-hybridized carbons (Fsp3) is 0.250. The van der Waals surface area contributed by atoms with Crippen molar-refractivity contribution in [1.29, 1.82) is 0 Å². The van der Waals surface area contributed by atoms with E-state index in [0.717, 1.165) is 0 Å². The van der Waals surface area contributed by atoms with Gasteiger partial charge in [-0.05, 0) is 0 Å². The summed E-state index contributed by atoms with van der Waals surface area (Å²) in [5.41, 5.74) is 0.255. The maximum atomic E-state index is 10.3. The topological polar surface area (TPSA) is 62.0 Å². The Morgan fingerprint density at radius 3 is 2.75 bits per heavy atom. The highest BCUT2D eigenvalue weighted by Crippen LogP contribution is 2.04. The predicted molar refractivity (Wildman–Crippen MR) is 25.0 cm³/mol. The van der Waals surface area contributed by atoms with E-state index in [1.165, 1.54) is 6.20 Å². The average molecular weight is 112 g/mol. The summed E-state index contributed by atoms with van der Waals surface area (Å²) in [7, 11) is 0. The fourth-order valence-corrected chi connectivity index (χ4v) is 0.379. The summed E-state index contributed by atoms with van der Waals surface area (Å²) >= 11 is 0. The van der Waals surface area contributed by atoms with Crippen LogP contribution in [-0.2, 0) is 4.79 Å². The summed E-state index contributed by atoms with van der Waals surface area (Å²) in [4.78, 5) is 10.3. The number of hydrogen-bond donors (Lipinski definition) is 1. The first kappa shape index (κ1) is 5.11. The molecule has 0 aromatic rings. The van der Waals surface area contributed by atoms with Crippen molar-refractivity contribution in [3.63, 3.8) is 0 Å². The van der Waals surface area contributed by atoms with Gasteiger partial charge in [-0.2, -0.15) is 5.11 Å². The van der Waals surface area contributed by atoms with E-state index in [1.807, 2.05) is 0 Å². The Bertz CT molecular complexity index is 171. The summed E-state index contributed by atoms with van der Waals surface area (Å²) in [6, 6.07) is 0. The van der Waals surface area contributed by atoms with Crippen LogP contribution in [0.3, 0.4) is 0 Å². The van der Waals surface area contributed by atoms with Crippen molar-refractivity contribution in [1.82, 2.24) is 0 Å². The molecular weight excluding hydrogens is 108 g/mol. The van der Waals surface area contributed by atoms with Gasteiger partial charge in [0.1, 0.15) is 0 Å². The Morgan fingerprint density at radius 1 is 1.75 bits per heavy atom. The van der Waals surface area contributed by atoms with E-state index in [1.54, 1.807) is 0 Å². The number of carbonyl (C=O) groups is 1. The molecule has 0 saturated heterocycles. The lowest BCUT2D eigenvalue weighted by Gasteiger charge is -1.83. The molecule has 0 aliphatic carbocycles. The second-order valence-corrected chi connectivity index (χ2v) is 1.33. The van der Waals surface area contributed by atoms with Crippen LogP contribution >= 0.6 is 0 Å². The molecule has 0 radical (unpaired) electrons. The molecule has 42 valence electrons. The molecule has 0 saturated carbocycles. The molecule has 0 unspecified atom stereocenters. The third kappa shape index (κ3) is 0.651. The van der Waals surface area contributed by atoms with Crippen molar-refractivity contribution >= 4 is 5.91 Å². The molecule has 0 aromatic carbocycles.